The van der Waals surface area contributed by atoms with Gasteiger partial charge in [-0.1, -0.05) is 25.1 Å². The van der Waals surface area contributed by atoms with Crippen LogP contribution in [0.15, 0.2) is 36.9 Å². The fourth-order valence-corrected chi connectivity index (χ4v) is 2.97. The van der Waals surface area contributed by atoms with Crippen molar-refractivity contribution in [2.75, 3.05) is 11.9 Å². The molecule has 2 aromatic rings. The lowest BCUT2D eigenvalue weighted by Gasteiger charge is -2.23. The summed E-state index contributed by atoms with van der Waals surface area (Å²) in [6.07, 6.45) is 6.18. The lowest BCUT2D eigenvalue weighted by atomic mass is 10.1. The van der Waals surface area contributed by atoms with E-state index in [1.807, 2.05) is 24.3 Å². The molecule has 1 aliphatic heterocycles. The second-order valence-corrected chi connectivity index (χ2v) is 5.91. The first-order chi connectivity index (χ1) is 11.8. The molecule has 0 aliphatic carbocycles. The van der Waals surface area contributed by atoms with Crippen molar-refractivity contribution in [1.82, 2.24) is 20.1 Å². The number of para-hydroxylation sites is 1. The van der Waals surface area contributed by atoms with Gasteiger partial charge in [0.2, 0.25) is 0 Å². The Morgan fingerprint density at radius 3 is 3.04 bits per heavy atom. The van der Waals surface area contributed by atoms with Crippen molar-refractivity contribution in [2.24, 2.45) is 0 Å². The Balaban J connectivity index is 1.63. The molecule has 2 amide bonds. The monoisotopic (exact) mass is 329 g/mol. The maximum atomic E-state index is 12.4. The van der Waals surface area contributed by atoms with Crippen molar-refractivity contribution in [3.63, 3.8) is 0 Å². The molecule has 0 unspecified atom stereocenters. The molecule has 7 nitrogen and oxygen atoms in total. The molecule has 3 rings (SSSR count). The van der Waals surface area contributed by atoms with E-state index in [9.17, 15) is 4.79 Å². The summed E-state index contributed by atoms with van der Waals surface area (Å²) in [5.74, 6) is 0. The number of carbonyl (C=O) groups excluding carboxylic acids is 1. The third-order valence-corrected chi connectivity index (χ3v) is 4.23. The highest BCUT2D eigenvalue weighted by molar-refractivity contribution is 5.90. The van der Waals surface area contributed by atoms with Crippen molar-refractivity contribution < 1.29 is 9.53 Å². The number of ether oxygens (including phenoxy) is 1. The summed E-state index contributed by atoms with van der Waals surface area (Å²) in [6, 6.07) is 7.53. The minimum Gasteiger partial charge on any atom is -0.376 e. The van der Waals surface area contributed by atoms with Crippen LogP contribution in [0.3, 0.4) is 0 Å². The lowest BCUT2D eigenvalue weighted by molar-refractivity contribution is 0.0804. The van der Waals surface area contributed by atoms with Crippen LogP contribution in [0.2, 0.25) is 0 Å². The van der Waals surface area contributed by atoms with Crippen LogP contribution in [0.4, 0.5) is 10.5 Å². The molecule has 1 saturated heterocycles. The Hall–Kier alpha value is -2.41. The maximum absolute atomic E-state index is 12.4. The van der Waals surface area contributed by atoms with Gasteiger partial charge < -0.3 is 15.4 Å². The van der Waals surface area contributed by atoms with E-state index in [1.54, 1.807) is 11.0 Å². The number of nitrogens with one attached hydrogen (secondary N) is 2. The van der Waals surface area contributed by atoms with Gasteiger partial charge in [0.05, 0.1) is 18.7 Å². The topological polar surface area (TPSA) is 81.1 Å². The van der Waals surface area contributed by atoms with Gasteiger partial charge in [-0.2, -0.15) is 5.10 Å². The molecule has 0 saturated carbocycles. The molecular weight excluding hydrogens is 306 g/mol. The maximum Gasteiger partial charge on any atom is 0.319 e. The van der Waals surface area contributed by atoms with Gasteiger partial charge in [0.1, 0.15) is 12.7 Å². The van der Waals surface area contributed by atoms with Crippen LogP contribution < -0.4 is 10.6 Å². The fraction of sp³-hybridized carbons (Fsp3) is 0.471. The smallest absolute Gasteiger partial charge is 0.319 e. The minimum atomic E-state index is -0.205. The number of rotatable bonds is 6. The Bertz CT molecular complexity index is 653. The second-order valence-electron chi connectivity index (χ2n) is 5.91. The first kappa shape index (κ1) is 16.4. The third kappa shape index (κ3) is 4.11. The zero-order chi connectivity index (χ0) is 16.8. The number of aromatic nitrogens is 3. The largest absolute Gasteiger partial charge is 0.376 e. The van der Waals surface area contributed by atoms with Crippen LogP contribution in [0.25, 0.3) is 0 Å². The number of urea groups is 1. The van der Waals surface area contributed by atoms with E-state index in [2.05, 4.69) is 27.6 Å². The number of anilines is 1. The third-order valence-electron chi connectivity index (χ3n) is 4.23. The van der Waals surface area contributed by atoms with E-state index in [1.165, 1.54) is 6.33 Å². The summed E-state index contributed by atoms with van der Waals surface area (Å²) < 4.78 is 7.41. The Labute approximate surface area is 141 Å². The molecular formula is C17H23N5O2. The van der Waals surface area contributed by atoms with Crippen LogP contribution in [-0.4, -0.2) is 39.5 Å². The van der Waals surface area contributed by atoms with Crippen molar-refractivity contribution in [1.29, 1.82) is 0 Å². The van der Waals surface area contributed by atoms with E-state index >= 15 is 0 Å². The molecule has 1 aliphatic rings. The van der Waals surface area contributed by atoms with Gasteiger partial charge in [-0.3, -0.25) is 0 Å². The van der Waals surface area contributed by atoms with E-state index in [4.69, 9.17) is 4.74 Å². The van der Waals surface area contributed by atoms with Gasteiger partial charge in [0.15, 0.2) is 0 Å². The van der Waals surface area contributed by atoms with Gasteiger partial charge in [0, 0.05) is 12.3 Å². The van der Waals surface area contributed by atoms with E-state index in [0.29, 0.717) is 6.54 Å². The van der Waals surface area contributed by atoms with E-state index in [-0.39, 0.29) is 18.2 Å². The Kier molecular flexibility index (Phi) is 5.43. The highest BCUT2D eigenvalue weighted by Crippen LogP contribution is 2.19. The molecule has 2 atom stereocenters. The summed E-state index contributed by atoms with van der Waals surface area (Å²) in [6.45, 7) is 3.40. The van der Waals surface area contributed by atoms with Crippen molar-refractivity contribution in [3.8, 4) is 0 Å². The Morgan fingerprint density at radius 1 is 1.46 bits per heavy atom. The minimum absolute atomic E-state index is 0.0370. The highest BCUT2D eigenvalue weighted by Gasteiger charge is 2.26. The van der Waals surface area contributed by atoms with E-state index in [0.717, 1.165) is 37.1 Å². The van der Waals surface area contributed by atoms with Gasteiger partial charge in [0.25, 0.3) is 0 Å². The van der Waals surface area contributed by atoms with Crippen LogP contribution in [0, 0.1) is 0 Å². The van der Waals surface area contributed by atoms with Crippen molar-refractivity contribution in [2.45, 2.75) is 44.9 Å². The predicted molar refractivity (Wildman–Crippen MR) is 90.8 cm³/mol. The normalized spacial score (nSPS) is 18.3. The molecule has 2 N–H and O–H groups in total. The molecule has 2 heterocycles. The van der Waals surface area contributed by atoms with Crippen molar-refractivity contribution in [3.05, 3.63) is 42.5 Å². The van der Waals surface area contributed by atoms with Gasteiger partial charge in [-0.05, 0) is 30.9 Å². The average molecular weight is 329 g/mol. The summed E-state index contributed by atoms with van der Waals surface area (Å²) in [7, 11) is 0. The van der Waals surface area contributed by atoms with Crippen LogP contribution >= 0.6 is 0 Å². The van der Waals surface area contributed by atoms with Gasteiger partial charge in [-0.25, -0.2) is 14.5 Å². The molecule has 1 aromatic carbocycles. The molecule has 128 valence electrons. The summed E-state index contributed by atoms with van der Waals surface area (Å²) in [4.78, 5) is 16.3. The van der Waals surface area contributed by atoms with Gasteiger partial charge in [-0.15, -0.1) is 0 Å². The van der Waals surface area contributed by atoms with E-state index < -0.39 is 0 Å². The fourth-order valence-electron chi connectivity index (χ4n) is 2.97. The van der Waals surface area contributed by atoms with Crippen LogP contribution in [0.1, 0.15) is 31.7 Å². The average Bonchev–Trinajstić information content (AvgIpc) is 3.28. The first-order valence-corrected chi connectivity index (χ1v) is 8.35. The SMILES string of the molecule is CC[C@@H](NC(=O)Nc1ccccc1Cn1cncn1)[C@@H]1CCCO1. The molecule has 0 radical (unpaired) electrons. The lowest BCUT2D eigenvalue weighted by Crippen LogP contribution is -2.44. The van der Waals surface area contributed by atoms with Crippen molar-refractivity contribution >= 4 is 11.7 Å². The van der Waals surface area contributed by atoms with Crippen LogP contribution in [-0.2, 0) is 11.3 Å². The number of hydrogen-bond donors (Lipinski definition) is 2. The molecule has 7 heteroatoms. The first-order valence-electron chi connectivity index (χ1n) is 8.35. The highest BCUT2D eigenvalue weighted by atomic mass is 16.5. The second kappa shape index (κ2) is 7.92. The zero-order valence-electron chi connectivity index (χ0n) is 13.8. The number of hydrogen-bond acceptors (Lipinski definition) is 4. The number of amides is 2. The predicted octanol–water partition coefficient (Wildman–Crippen LogP) is 2.41. The zero-order valence-corrected chi connectivity index (χ0v) is 13.8. The summed E-state index contributed by atoms with van der Waals surface area (Å²) >= 11 is 0. The molecule has 1 fully saturated rings. The van der Waals surface area contributed by atoms with Crippen LogP contribution in [0.5, 0.6) is 0 Å². The summed E-state index contributed by atoms with van der Waals surface area (Å²) in [5.41, 5.74) is 1.75. The number of carbonyl (C=O) groups is 1. The number of benzene rings is 1. The molecule has 0 spiro atoms. The molecule has 24 heavy (non-hydrogen) atoms. The Morgan fingerprint density at radius 2 is 2.33 bits per heavy atom. The molecule has 1 aromatic heterocycles. The standard InChI is InChI=1S/C17H23N5O2/c1-2-14(16-8-5-9-24-16)20-17(23)21-15-7-4-3-6-13(15)10-22-12-18-11-19-22/h3-4,6-7,11-12,14,16H,2,5,8-10H2,1H3,(H2,20,21,23)/t14-,16+/m1/s1. The van der Waals surface area contributed by atoms with Gasteiger partial charge >= 0.3 is 6.03 Å². The quantitative estimate of drug-likeness (QED) is 0.853. The summed E-state index contributed by atoms with van der Waals surface area (Å²) in [5, 5.41) is 10.1. The number of nitrogens with zero attached hydrogens (tertiary/aromatic N) is 3. The molecule has 0 bridgehead atoms.